The Hall–Kier alpha value is -3.15. The van der Waals surface area contributed by atoms with Crippen molar-refractivity contribution in [3.8, 4) is 0 Å². The van der Waals surface area contributed by atoms with Crippen LogP contribution in [0, 0.1) is 6.92 Å². The number of rotatable bonds is 4. The highest BCUT2D eigenvalue weighted by Gasteiger charge is 2.07. The summed E-state index contributed by atoms with van der Waals surface area (Å²) in [6, 6.07) is 11.4. The maximum Gasteiger partial charge on any atom is 0.336 e. The van der Waals surface area contributed by atoms with Gasteiger partial charge in [-0.15, -0.1) is 0 Å². The number of hydrogen-bond donors (Lipinski definition) is 1. The van der Waals surface area contributed by atoms with Gasteiger partial charge in [-0.1, -0.05) is 6.07 Å². The molecular formula is C18H16N2O4. The van der Waals surface area contributed by atoms with Crippen LogP contribution in [0.25, 0.3) is 11.0 Å². The molecule has 0 atom stereocenters. The van der Waals surface area contributed by atoms with Gasteiger partial charge in [-0.05, 0) is 30.7 Å². The first-order chi connectivity index (χ1) is 11.5. The maximum atomic E-state index is 12.0. The van der Waals surface area contributed by atoms with Crippen molar-refractivity contribution in [1.29, 1.82) is 0 Å². The van der Waals surface area contributed by atoms with Gasteiger partial charge in [0.1, 0.15) is 5.58 Å². The number of benzene rings is 1. The lowest BCUT2D eigenvalue weighted by atomic mass is 10.1. The van der Waals surface area contributed by atoms with Crippen LogP contribution in [0.15, 0.2) is 62.7 Å². The molecule has 0 aliphatic rings. The maximum absolute atomic E-state index is 12.0. The fourth-order valence-electron chi connectivity index (χ4n) is 2.49. The lowest BCUT2D eigenvalue weighted by Gasteiger charge is -2.08. The van der Waals surface area contributed by atoms with E-state index in [2.05, 4.69) is 5.32 Å². The van der Waals surface area contributed by atoms with Gasteiger partial charge in [-0.3, -0.25) is 9.59 Å². The molecule has 0 fully saturated rings. The molecule has 0 bridgehead atoms. The third-order valence-electron chi connectivity index (χ3n) is 3.71. The molecule has 0 saturated carbocycles. The van der Waals surface area contributed by atoms with Crippen LogP contribution < -0.4 is 16.5 Å². The third-order valence-corrected chi connectivity index (χ3v) is 3.71. The summed E-state index contributed by atoms with van der Waals surface area (Å²) in [6.07, 6.45) is 1.81. The summed E-state index contributed by atoms with van der Waals surface area (Å²) in [5.74, 6) is -0.222. The first kappa shape index (κ1) is 15.7. The number of hydrogen-bond acceptors (Lipinski definition) is 4. The topological polar surface area (TPSA) is 81.3 Å². The van der Waals surface area contributed by atoms with Gasteiger partial charge in [0, 0.05) is 48.4 Å². The van der Waals surface area contributed by atoms with E-state index < -0.39 is 5.63 Å². The van der Waals surface area contributed by atoms with Crippen LogP contribution in [0.4, 0.5) is 5.69 Å². The van der Waals surface area contributed by atoms with E-state index in [0.717, 1.165) is 10.9 Å². The fraction of sp³-hybridized carbons (Fsp3) is 0.167. The van der Waals surface area contributed by atoms with Crippen molar-refractivity contribution in [2.45, 2.75) is 19.9 Å². The van der Waals surface area contributed by atoms with E-state index in [0.29, 0.717) is 17.8 Å². The average molecular weight is 324 g/mol. The Bertz CT molecular complexity index is 1020. The molecular weight excluding hydrogens is 308 g/mol. The van der Waals surface area contributed by atoms with E-state index in [1.807, 2.05) is 6.92 Å². The molecule has 1 amide bonds. The van der Waals surface area contributed by atoms with Crippen LogP contribution in [0.1, 0.15) is 12.0 Å². The van der Waals surface area contributed by atoms with Crippen molar-refractivity contribution in [2.24, 2.45) is 0 Å². The molecule has 3 aromatic rings. The molecule has 3 rings (SSSR count). The predicted molar refractivity (Wildman–Crippen MR) is 91.2 cm³/mol. The van der Waals surface area contributed by atoms with Crippen molar-refractivity contribution in [2.75, 3.05) is 5.32 Å². The minimum atomic E-state index is -0.424. The second-order valence-electron chi connectivity index (χ2n) is 5.49. The Labute approximate surface area is 137 Å². The summed E-state index contributed by atoms with van der Waals surface area (Å²) < 4.78 is 6.63. The SMILES string of the molecule is Cc1cc(=O)oc2cc(NC(=O)CCn3ccccc3=O)ccc12. The number of nitrogens with one attached hydrogen (secondary N) is 1. The Morgan fingerprint density at radius 3 is 2.79 bits per heavy atom. The van der Waals surface area contributed by atoms with Crippen LogP contribution in [0.2, 0.25) is 0 Å². The fourth-order valence-corrected chi connectivity index (χ4v) is 2.49. The van der Waals surface area contributed by atoms with Gasteiger partial charge in [-0.2, -0.15) is 0 Å². The van der Waals surface area contributed by atoms with Gasteiger partial charge < -0.3 is 14.3 Å². The number of pyridine rings is 1. The Morgan fingerprint density at radius 1 is 1.17 bits per heavy atom. The van der Waals surface area contributed by atoms with Gasteiger partial charge >= 0.3 is 5.63 Å². The third kappa shape index (κ3) is 3.43. The highest BCUT2D eigenvalue weighted by atomic mass is 16.4. The number of nitrogens with zero attached hydrogens (tertiary/aromatic N) is 1. The van der Waals surface area contributed by atoms with E-state index in [1.54, 1.807) is 36.5 Å². The van der Waals surface area contributed by atoms with Crippen molar-refractivity contribution >= 4 is 22.6 Å². The molecule has 2 heterocycles. The Kier molecular flexibility index (Phi) is 4.29. The first-order valence-electron chi connectivity index (χ1n) is 7.53. The second-order valence-corrected chi connectivity index (χ2v) is 5.49. The molecule has 0 radical (unpaired) electrons. The summed E-state index contributed by atoms with van der Waals surface area (Å²) in [5, 5.41) is 3.57. The molecule has 1 aromatic carbocycles. The molecule has 0 unspecified atom stereocenters. The molecule has 6 nitrogen and oxygen atoms in total. The zero-order valence-electron chi connectivity index (χ0n) is 13.1. The van der Waals surface area contributed by atoms with Crippen molar-refractivity contribution in [1.82, 2.24) is 4.57 Å². The van der Waals surface area contributed by atoms with E-state index in [1.165, 1.54) is 16.7 Å². The summed E-state index contributed by atoms with van der Waals surface area (Å²) in [4.78, 5) is 35.1. The second kappa shape index (κ2) is 6.54. The van der Waals surface area contributed by atoms with Crippen LogP contribution in [0.5, 0.6) is 0 Å². The van der Waals surface area contributed by atoms with Gasteiger partial charge in [0.2, 0.25) is 5.91 Å². The van der Waals surface area contributed by atoms with Gasteiger partial charge in [0.15, 0.2) is 0 Å². The predicted octanol–water partition coefficient (Wildman–Crippen LogP) is 2.29. The molecule has 0 aliphatic carbocycles. The van der Waals surface area contributed by atoms with Crippen molar-refractivity contribution in [3.63, 3.8) is 0 Å². The number of anilines is 1. The monoisotopic (exact) mass is 324 g/mol. The minimum Gasteiger partial charge on any atom is -0.423 e. The molecule has 2 aromatic heterocycles. The average Bonchev–Trinajstić information content (AvgIpc) is 2.53. The van der Waals surface area contributed by atoms with Crippen molar-refractivity contribution < 1.29 is 9.21 Å². The molecule has 1 N–H and O–H groups in total. The van der Waals surface area contributed by atoms with E-state index >= 15 is 0 Å². The van der Waals surface area contributed by atoms with Crippen molar-refractivity contribution in [3.05, 3.63) is 75.0 Å². The molecule has 0 spiro atoms. The number of fused-ring (bicyclic) bond motifs is 1. The Morgan fingerprint density at radius 2 is 2.00 bits per heavy atom. The van der Waals surface area contributed by atoms with Gasteiger partial charge in [0.05, 0.1) is 0 Å². The van der Waals surface area contributed by atoms with Crippen LogP contribution >= 0.6 is 0 Å². The zero-order valence-corrected chi connectivity index (χ0v) is 13.1. The summed E-state index contributed by atoms with van der Waals surface area (Å²) in [6.45, 7) is 2.13. The first-order valence-corrected chi connectivity index (χ1v) is 7.53. The zero-order chi connectivity index (χ0) is 17.1. The lowest BCUT2D eigenvalue weighted by Crippen LogP contribution is -2.21. The number of carbonyl (C=O) groups is 1. The van der Waals surface area contributed by atoms with Crippen LogP contribution in [-0.4, -0.2) is 10.5 Å². The number of amides is 1. The smallest absolute Gasteiger partial charge is 0.336 e. The lowest BCUT2D eigenvalue weighted by molar-refractivity contribution is -0.116. The van der Waals surface area contributed by atoms with Gasteiger partial charge in [-0.25, -0.2) is 4.79 Å². The molecule has 0 saturated heterocycles. The molecule has 122 valence electrons. The summed E-state index contributed by atoms with van der Waals surface area (Å²) in [5.41, 5.74) is 1.22. The number of carbonyl (C=O) groups excluding carboxylic acids is 1. The van der Waals surface area contributed by atoms with E-state index in [9.17, 15) is 14.4 Å². The summed E-state index contributed by atoms with van der Waals surface area (Å²) in [7, 11) is 0. The standard InChI is InChI=1S/C18H16N2O4/c1-12-10-18(23)24-15-11-13(5-6-14(12)15)19-16(21)7-9-20-8-3-2-4-17(20)22/h2-6,8,10-11H,7,9H2,1H3,(H,19,21). The molecule has 6 heteroatoms. The number of aromatic nitrogens is 1. The minimum absolute atomic E-state index is 0.145. The molecule has 24 heavy (non-hydrogen) atoms. The van der Waals surface area contributed by atoms with Gasteiger partial charge in [0.25, 0.3) is 5.56 Å². The van der Waals surface area contributed by atoms with Crippen LogP contribution in [0.3, 0.4) is 0 Å². The normalized spacial score (nSPS) is 10.7. The van der Waals surface area contributed by atoms with Crippen LogP contribution in [-0.2, 0) is 11.3 Å². The summed E-state index contributed by atoms with van der Waals surface area (Å²) >= 11 is 0. The highest BCUT2D eigenvalue weighted by Crippen LogP contribution is 2.20. The quantitative estimate of drug-likeness (QED) is 0.747. The van der Waals surface area contributed by atoms with E-state index in [-0.39, 0.29) is 17.9 Å². The van der Waals surface area contributed by atoms with E-state index in [4.69, 9.17) is 4.42 Å². The highest BCUT2D eigenvalue weighted by molar-refractivity contribution is 5.93. The molecule has 0 aliphatic heterocycles. The Balaban J connectivity index is 1.72. The largest absolute Gasteiger partial charge is 0.423 e. The number of aryl methyl sites for hydroxylation is 2.